The number of likely N-dealkylation sites (tertiary alicyclic amines) is 2. The van der Waals surface area contributed by atoms with E-state index >= 15 is 0 Å². The van der Waals surface area contributed by atoms with E-state index in [-0.39, 0.29) is 71.2 Å². The van der Waals surface area contributed by atoms with Crippen molar-refractivity contribution < 1.29 is 60.5 Å². The van der Waals surface area contributed by atoms with Gasteiger partial charge in [-0.25, -0.2) is 14.7 Å². The molecule has 1 aliphatic carbocycles. The fourth-order valence-corrected chi connectivity index (χ4v) is 12.9. The van der Waals surface area contributed by atoms with Crippen molar-refractivity contribution in [2.24, 2.45) is 17.8 Å². The number of carbonyl (C=O) groups excluding carboxylic acids is 4. The molecule has 13 nitrogen and oxygen atoms in total. The summed E-state index contributed by atoms with van der Waals surface area (Å²) < 4.78 is 21.8. The number of benzene rings is 6. The molecule has 3 fully saturated rings. The first kappa shape index (κ1) is 85.5. The third-order valence-corrected chi connectivity index (χ3v) is 18.1. The van der Waals surface area contributed by atoms with Gasteiger partial charge in [-0.1, -0.05) is 198 Å². The number of Topliss-reactive ketones (excluding diaryl/α,β-unsaturated/α-hetero) is 1. The van der Waals surface area contributed by atoms with Crippen molar-refractivity contribution >= 4 is 97.7 Å². The van der Waals surface area contributed by atoms with Crippen molar-refractivity contribution in [1.82, 2.24) is 14.9 Å². The molecule has 1 saturated carbocycles. The number of aliphatic hydroxyl groups is 1. The zero-order valence-electron chi connectivity index (χ0n) is 58.0. The molecular weight excluding hydrogens is 1370 g/mol. The Kier molecular flexibility index (Phi) is 38.9. The Morgan fingerprint density at radius 3 is 1.44 bits per heavy atom. The number of amides is 3. The summed E-state index contributed by atoms with van der Waals surface area (Å²) in [5.41, 5.74) is 5.70. The molecule has 3 amide bonds. The minimum atomic E-state index is -0.816. The standard InChI is InChI=1S/C24H31ClO2.C23H26ClNO3.C13H24N2O4.C12H8BrCl.C5H11O.ClH.Mg/c1-27-18-10-9-17-24(26,19-11-3-2-4-12-19)22-15-7-5-13-20(22)21-14-6-8-16-23(21)25;1-23(2,3)28-22(27)25-14-8-9-16(15-25)21(26)19-12-5-4-10-17(19)18-11-6-7-13-20(18)24;1-13(2,3)19-12(17)15-8-6-7-10(9-15)11(16)14(4)18-5;13-11-7-3-1-5-9(11)10-6-2-4-8-12(10)14;1-3-4-5-6-2;;/h5-8,13-16,19,26H,2-4,9-12,17-18H2,1H3;4-7,10-13,16H,8-9,14-15H2,1-3H3;10H,6-9H2,1-5H3;1-8H;1,3-5H2,2H3;1H;/q;;;;-1;;+2/p-1/t24-;16-;10-;;;;/m011..../s1. The van der Waals surface area contributed by atoms with Crippen LogP contribution in [0.1, 0.15) is 147 Å². The average Bonchev–Trinajstić information content (AvgIpc) is 0.773. The van der Waals surface area contributed by atoms with Crippen molar-refractivity contribution in [2.45, 2.75) is 148 Å². The molecule has 0 unspecified atom stereocenters. The van der Waals surface area contributed by atoms with E-state index in [4.69, 9.17) is 58.6 Å². The number of rotatable bonds is 17. The first-order valence-electron chi connectivity index (χ1n) is 32.9. The van der Waals surface area contributed by atoms with Crippen LogP contribution < -0.4 is 12.4 Å². The number of carbonyl (C=O) groups is 4. The van der Waals surface area contributed by atoms with Crippen molar-refractivity contribution in [3.8, 4) is 33.4 Å². The van der Waals surface area contributed by atoms with Gasteiger partial charge in [0.15, 0.2) is 5.78 Å². The average molecular weight is 1470 g/mol. The Hall–Kier alpha value is -4.75. The molecule has 6 aromatic carbocycles. The van der Waals surface area contributed by atoms with Crippen LogP contribution in [0.15, 0.2) is 150 Å². The van der Waals surface area contributed by atoms with Crippen LogP contribution in [0.4, 0.5) is 9.59 Å². The van der Waals surface area contributed by atoms with E-state index in [1.54, 1.807) is 31.1 Å². The Bertz CT molecular complexity index is 3260. The molecule has 9 rings (SSSR count). The number of piperidine rings is 2. The maximum Gasteiger partial charge on any atom is 2.00 e. The summed E-state index contributed by atoms with van der Waals surface area (Å²) in [5.74, 6) is -0.215. The predicted octanol–water partition coefficient (Wildman–Crippen LogP) is 16.7. The second-order valence-electron chi connectivity index (χ2n) is 25.8. The minimum absolute atomic E-state index is 0. The molecule has 3 atom stereocenters. The molecule has 520 valence electrons. The van der Waals surface area contributed by atoms with Gasteiger partial charge >= 0.3 is 35.2 Å². The molecule has 6 aromatic rings. The maximum absolute atomic E-state index is 13.3. The topological polar surface area (TPSA) is 144 Å². The first-order valence-corrected chi connectivity index (χ1v) is 34.8. The summed E-state index contributed by atoms with van der Waals surface area (Å²) >= 11 is 22.5. The quantitative estimate of drug-likeness (QED) is 0.0308. The van der Waals surface area contributed by atoms with E-state index in [1.807, 2.05) is 175 Å². The van der Waals surface area contributed by atoms with Gasteiger partial charge in [0.1, 0.15) is 11.2 Å². The largest absolute Gasteiger partial charge is 2.00 e. The summed E-state index contributed by atoms with van der Waals surface area (Å²) in [6.07, 6.45) is 13.0. The number of nitrogens with zero attached hydrogens (tertiary/aromatic N) is 3. The maximum atomic E-state index is 13.3. The molecule has 19 heteroatoms. The Morgan fingerprint density at radius 1 is 0.552 bits per heavy atom. The number of methoxy groups -OCH3 is 2. The van der Waals surface area contributed by atoms with Crippen molar-refractivity contribution in [2.75, 3.05) is 67.8 Å². The Balaban J connectivity index is 0.000000330. The molecule has 0 spiro atoms. The van der Waals surface area contributed by atoms with Gasteiger partial charge in [0, 0.05) is 108 Å². The summed E-state index contributed by atoms with van der Waals surface area (Å²) in [5, 5.41) is 15.4. The number of unbranched alkanes of at least 4 members (excludes halogenated alkanes) is 2. The Labute approximate surface area is 618 Å². The van der Waals surface area contributed by atoms with Gasteiger partial charge in [-0.2, -0.15) is 6.42 Å². The van der Waals surface area contributed by atoms with Gasteiger partial charge < -0.3 is 53.2 Å². The smallest absolute Gasteiger partial charge is 1.00 e. The second-order valence-corrected chi connectivity index (χ2v) is 27.9. The molecule has 2 saturated heterocycles. The van der Waals surface area contributed by atoms with E-state index in [0.29, 0.717) is 42.7 Å². The first-order chi connectivity index (χ1) is 44.9. The normalized spacial score (nSPS) is 16.0. The number of hydroxylamine groups is 2. The molecule has 3 aliphatic rings. The number of halogens is 5. The van der Waals surface area contributed by atoms with E-state index in [0.717, 1.165) is 137 Å². The van der Waals surface area contributed by atoms with E-state index in [9.17, 15) is 24.3 Å². The van der Waals surface area contributed by atoms with Gasteiger partial charge in [0.2, 0.25) is 0 Å². The van der Waals surface area contributed by atoms with Crippen LogP contribution >= 0.6 is 50.7 Å². The molecule has 2 aliphatic heterocycles. The predicted molar refractivity (Wildman–Crippen MR) is 392 cm³/mol. The van der Waals surface area contributed by atoms with Crippen LogP contribution in [-0.4, -0.2) is 146 Å². The van der Waals surface area contributed by atoms with Crippen LogP contribution in [0.3, 0.4) is 0 Å². The molecule has 0 aromatic heterocycles. The van der Waals surface area contributed by atoms with Gasteiger partial charge in [-0.15, -0.1) is 0 Å². The van der Waals surface area contributed by atoms with Crippen LogP contribution in [0, 0.1) is 24.7 Å². The molecular formula is C77H100BrCl4MgN3O10. The molecule has 96 heavy (non-hydrogen) atoms. The molecule has 1 N–H and O–H groups in total. The minimum Gasteiger partial charge on any atom is -1.00 e. The zero-order valence-corrected chi connectivity index (χ0v) is 64.0. The van der Waals surface area contributed by atoms with Gasteiger partial charge in [-0.3, -0.25) is 14.4 Å². The second kappa shape index (κ2) is 43.7. The van der Waals surface area contributed by atoms with Crippen LogP contribution in [-0.2, 0) is 34.2 Å². The summed E-state index contributed by atoms with van der Waals surface area (Å²) in [7, 11) is 6.47. The van der Waals surface area contributed by atoms with Crippen LogP contribution in [0.25, 0.3) is 33.4 Å². The third kappa shape index (κ3) is 27.4. The van der Waals surface area contributed by atoms with E-state index in [1.165, 1.54) is 31.4 Å². The summed E-state index contributed by atoms with van der Waals surface area (Å²) in [4.78, 5) is 57.9. The third-order valence-electron chi connectivity index (χ3n) is 16.4. The van der Waals surface area contributed by atoms with E-state index < -0.39 is 16.8 Å². The van der Waals surface area contributed by atoms with Crippen molar-refractivity contribution in [1.29, 1.82) is 0 Å². The zero-order chi connectivity index (χ0) is 68.8. The van der Waals surface area contributed by atoms with Gasteiger partial charge in [0.05, 0.1) is 18.6 Å². The molecule has 0 bridgehead atoms. The number of hydrogen-bond donors (Lipinski definition) is 1. The summed E-state index contributed by atoms with van der Waals surface area (Å²) in [6, 6.07) is 47.1. The van der Waals surface area contributed by atoms with Crippen LogP contribution in [0.2, 0.25) is 15.1 Å². The van der Waals surface area contributed by atoms with Crippen LogP contribution in [0.5, 0.6) is 0 Å². The van der Waals surface area contributed by atoms with Crippen molar-refractivity contribution in [3.63, 3.8) is 0 Å². The SMILES string of the molecule is CC(C)(C)OC(=O)N1CCC[C@@H](C(=O)c2ccccc2-c2ccccc2Cl)C1.COCCCC[C@@](O)(c1ccccc1-c1ccccc1Cl)C1CCCCC1.CON(C)C(=O)[C@@H]1CCCN(C(=O)OC(C)(C)C)C1.Clc1ccccc1-c1ccccc1Br.[CH2-]CCCOC.[Cl-].[Mg+2]. The number of ketones is 1. The summed E-state index contributed by atoms with van der Waals surface area (Å²) in [6.45, 7) is 18.3. The Morgan fingerprint density at radius 2 is 0.969 bits per heavy atom. The van der Waals surface area contributed by atoms with E-state index in [2.05, 4.69) is 35.0 Å². The molecule has 2 heterocycles. The monoisotopic (exact) mass is 1470 g/mol. The molecule has 0 radical (unpaired) electrons. The fraction of sp³-hybridized carbons (Fsp3) is 0.468. The van der Waals surface area contributed by atoms with Gasteiger partial charge in [0.25, 0.3) is 5.91 Å². The number of hydrogen-bond acceptors (Lipinski definition) is 10. The van der Waals surface area contributed by atoms with Crippen molar-refractivity contribution in [3.05, 3.63) is 183 Å². The van der Waals surface area contributed by atoms with Gasteiger partial charge in [-0.05, 0) is 152 Å². The fourth-order valence-electron chi connectivity index (χ4n) is 11.7. The number of ether oxygens (including phenoxy) is 4.